The van der Waals surface area contributed by atoms with Gasteiger partial charge in [0, 0.05) is 11.8 Å². The van der Waals surface area contributed by atoms with Crippen LogP contribution in [-0.4, -0.2) is 24.8 Å². The van der Waals surface area contributed by atoms with Gasteiger partial charge in [-0.2, -0.15) is 0 Å². The van der Waals surface area contributed by atoms with Crippen molar-refractivity contribution in [3.05, 3.63) is 81.5 Å². The highest BCUT2D eigenvalue weighted by Gasteiger charge is 2.20. The zero-order chi connectivity index (χ0) is 23.7. The van der Waals surface area contributed by atoms with Crippen LogP contribution < -0.4 is 10.3 Å². The minimum Gasteiger partial charge on any atom is -0.506 e. The quantitative estimate of drug-likeness (QED) is 0.522. The van der Waals surface area contributed by atoms with Crippen LogP contribution in [0.3, 0.4) is 0 Å². The lowest BCUT2D eigenvalue weighted by Gasteiger charge is -2.21. The van der Waals surface area contributed by atoms with E-state index < -0.39 is 15.8 Å². The van der Waals surface area contributed by atoms with E-state index in [1.165, 1.54) is 18.3 Å². The predicted molar refractivity (Wildman–Crippen MR) is 124 cm³/mol. The fraction of sp³-hybridized carbons (Fsp3) is 0.208. The van der Waals surface area contributed by atoms with Crippen LogP contribution in [0.25, 0.3) is 11.1 Å². The maximum absolute atomic E-state index is 14.4. The zero-order valence-electron chi connectivity index (χ0n) is 18.1. The number of sulfonamides is 1. The number of halogens is 1. The smallest absolute Gasteiger partial charge is 0.255 e. The number of hydrogen-bond donors (Lipinski definition) is 3. The van der Waals surface area contributed by atoms with Gasteiger partial charge < -0.3 is 10.1 Å². The average molecular weight is 455 g/mol. The first-order valence-corrected chi connectivity index (χ1v) is 11.6. The first-order chi connectivity index (χ1) is 14.8. The molecule has 0 aliphatic rings. The van der Waals surface area contributed by atoms with Crippen LogP contribution in [0.1, 0.15) is 37.5 Å². The average Bonchev–Trinajstić information content (AvgIpc) is 2.67. The third-order valence-corrected chi connectivity index (χ3v) is 5.29. The molecular weight excluding hydrogens is 431 g/mol. The number of aromatic nitrogens is 1. The molecule has 0 aliphatic heterocycles. The number of aromatic amines is 1. The normalized spacial score (nSPS) is 11.5. The van der Waals surface area contributed by atoms with Crippen LogP contribution in [-0.2, 0) is 15.4 Å². The van der Waals surface area contributed by atoms with Crippen LogP contribution in [0.5, 0.6) is 5.75 Å². The van der Waals surface area contributed by atoms with Crippen molar-refractivity contribution in [2.24, 2.45) is 0 Å². The van der Waals surface area contributed by atoms with E-state index in [0.29, 0.717) is 11.1 Å². The maximum atomic E-state index is 14.4. The van der Waals surface area contributed by atoms with Gasteiger partial charge in [-0.1, -0.05) is 32.6 Å². The molecule has 0 unspecified atom stereocenters. The number of H-pyrrole nitrogens is 1. The fourth-order valence-electron chi connectivity index (χ4n) is 3.03. The number of rotatable bonds is 3. The van der Waals surface area contributed by atoms with Gasteiger partial charge in [-0.3, -0.25) is 9.52 Å². The molecule has 3 aromatic rings. The van der Waals surface area contributed by atoms with Gasteiger partial charge in [0.25, 0.3) is 5.56 Å². The number of aromatic hydroxyl groups is 1. The predicted octanol–water partition coefficient (Wildman–Crippen LogP) is 3.96. The monoisotopic (exact) mass is 454 g/mol. The maximum Gasteiger partial charge on any atom is 0.255 e. The molecule has 0 amide bonds. The molecule has 0 aliphatic carbocycles. The van der Waals surface area contributed by atoms with E-state index in [-0.39, 0.29) is 33.5 Å². The van der Waals surface area contributed by atoms with Gasteiger partial charge in [-0.15, -0.1) is 0 Å². The van der Waals surface area contributed by atoms with Crippen molar-refractivity contribution < 1.29 is 17.9 Å². The molecule has 1 heterocycles. The minimum atomic E-state index is -3.53. The molecule has 32 heavy (non-hydrogen) atoms. The third-order valence-electron chi connectivity index (χ3n) is 4.69. The molecule has 0 bridgehead atoms. The topological polar surface area (TPSA) is 99.3 Å². The number of nitrogens with one attached hydrogen (secondary N) is 2. The summed E-state index contributed by atoms with van der Waals surface area (Å²) in [5.74, 6) is 4.58. The lowest BCUT2D eigenvalue weighted by atomic mass is 9.84. The van der Waals surface area contributed by atoms with Gasteiger partial charge in [0.05, 0.1) is 28.6 Å². The largest absolute Gasteiger partial charge is 0.506 e. The highest BCUT2D eigenvalue weighted by molar-refractivity contribution is 7.92. The van der Waals surface area contributed by atoms with E-state index in [1.54, 1.807) is 24.3 Å². The summed E-state index contributed by atoms with van der Waals surface area (Å²) in [5.41, 5.74) is 1.16. The molecule has 166 valence electrons. The van der Waals surface area contributed by atoms with Crippen molar-refractivity contribution in [3.63, 3.8) is 0 Å². The molecule has 1 aromatic heterocycles. The Balaban J connectivity index is 2.12. The molecule has 0 atom stereocenters. The van der Waals surface area contributed by atoms with Crippen molar-refractivity contribution in [3.8, 4) is 28.7 Å². The van der Waals surface area contributed by atoms with E-state index in [1.807, 2.05) is 20.8 Å². The summed E-state index contributed by atoms with van der Waals surface area (Å²) in [6, 6.07) is 10.5. The number of benzene rings is 2. The van der Waals surface area contributed by atoms with E-state index in [4.69, 9.17) is 0 Å². The highest BCUT2D eigenvalue weighted by Crippen LogP contribution is 2.35. The first kappa shape index (κ1) is 23.1. The number of phenols is 1. The Morgan fingerprint density at radius 2 is 1.72 bits per heavy atom. The van der Waals surface area contributed by atoms with E-state index >= 15 is 0 Å². The van der Waals surface area contributed by atoms with E-state index in [0.717, 1.165) is 17.9 Å². The standard InChI is InChI=1S/C24H23FN2O4S/c1-24(2,3)17-12-16(22(28)20(13-17)19-6-5-11-26-23(19)29)8-7-15-9-10-18(14-21(15)25)27-32(4,30)31/h5-6,9-14,27-28H,1-4H3,(H,26,29). The molecule has 0 saturated carbocycles. The van der Waals surface area contributed by atoms with Gasteiger partial charge in [0.2, 0.25) is 10.0 Å². The molecule has 0 spiro atoms. The van der Waals surface area contributed by atoms with Crippen LogP contribution in [0.2, 0.25) is 0 Å². The summed E-state index contributed by atoms with van der Waals surface area (Å²) >= 11 is 0. The van der Waals surface area contributed by atoms with Gasteiger partial charge >= 0.3 is 0 Å². The number of anilines is 1. The third kappa shape index (κ3) is 5.37. The molecule has 0 saturated heterocycles. The summed E-state index contributed by atoms with van der Waals surface area (Å²) in [6.45, 7) is 5.97. The number of hydrogen-bond acceptors (Lipinski definition) is 4. The van der Waals surface area contributed by atoms with E-state index in [9.17, 15) is 22.7 Å². The minimum absolute atomic E-state index is 0.0312. The van der Waals surface area contributed by atoms with Gasteiger partial charge in [0.1, 0.15) is 11.6 Å². The summed E-state index contributed by atoms with van der Waals surface area (Å²) in [7, 11) is -3.53. The molecule has 3 rings (SSSR count). The van der Waals surface area contributed by atoms with E-state index in [2.05, 4.69) is 21.5 Å². The second-order valence-electron chi connectivity index (χ2n) is 8.40. The summed E-state index contributed by atoms with van der Waals surface area (Å²) in [5, 5.41) is 10.9. The summed E-state index contributed by atoms with van der Waals surface area (Å²) in [4.78, 5) is 14.9. The van der Waals surface area contributed by atoms with Crippen molar-refractivity contribution >= 4 is 15.7 Å². The lowest BCUT2D eigenvalue weighted by molar-refractivity contribution is 0.474. The fourth-order valence-corrected chi connectivity index (χ4v) is 3.59. The molecule has 0 fully saturated rings. The van der Waals surface area contributed by atoms with Crippen molar-refractivity contribution in [2.45, 2.75) is 26.2 Å². The Kier molecular flexibility index (Phi) is 6.15. The molecule has 8 heteroatoms. The number of pyridine rings is 1. The molecule has 3 N–H and O–H groups in total. The Morgan fingerprint density at radius 1 is 1.03 bits per heavy atom. The van der Waals surface area contributed by atoms with Crippen LogP contribution in [0.4, 0.5) is 10.1 Å². The van der Waals surface area contributed by atoms with Crippen molar-refractivity contribution in [1.82, 2.24) is 4.98 Å². The Hall–Kier alpha value is -3.57. The van der Waals surface area contributed by atoms with Crippen molar-refractivity contribution in [2.75, 3.05) is 11.0 Å². The Bertz CT molecular complexity index is 1410. The zero-order valence-corrected chi connectivity index (χ0v) is 18.9. The molecule has 2 aromatic carbocycles. The van der Waals surface area contributed by atoms with Gasteiger partial charge in [0.15, 0.2) is 0 Å². The van der Waals surface area contributed by atoms with Crippen LogP contribution >= 0.6 is 0 Å². The second-order valence-corrected chi connectivity index (χ2v) is 10.2. The van der Waals surface area contributed by atoms with Crippen LogP contribution in [0, 0.1) is 17.7 Å². The van der Waals surface area contributed by atoms with Crippen LogP contribution in [0.15, 0.2) is 53.5 Å². The molecular formula is C24H23FN2O4S. The molecule has 0 radical (unpaired) electrons. The Labute approximate surface area is 186 Å². The second kappa shape index (κ2) is 8.52. The summed E-state index contributed by atoms with van der Waals surface area (Å²) < 4.78 is 39.3. The van der Waals surface area contributed by atoms with Gasteiger partial charge in [-0.05, 0) is 53.4 Å². The first-order valence-electron chi connectivity index (χ1n) is 9.70. The molecule has 6 nitrogen and oxygen atoms in total. The SMILES string of the molecule is CC(C)(C)c1cc(C#Cc2ccc(NS(C)(=O)=O)cc2F)c(O)c(-c2ccc[nH]c2=O)c1. The number of phenolic OH excluding ortho intramolecular Hbond substituents is 1. The lowest BCUT2D eigenvalue weighted by Crippen LogP contribution is -2.13. The van der Waals surface area contributed by atoms with Crippen molar-refractivity contribution in [1.29, 1.82) is 0 Å². The highest BCUT2D eigenvalue weighted by atomic mass is 32.2. The van der Waals surface area contributed by atoms with Gasteiger partial charge in [-0.25, -0.2) is 12.8 Å². The Morgan fingerprint density at radius 3 is 2.31 bits per heavy atom. The summed E-state index contributed by atoms with van der Waals surface area (Å²) in [6.07, 6.45) is 2.47.